The highest BCUT2D eigenvalue weighted by molar-refractivity contribution is 4.89. The molecule has 3 N–H and O–H groups in total. The van der Waals surface area contributed by atoms with E-state index in [0.29, 0.717) is 6.04 Å². The van der Waals surface area contributed by atoms with Gasteiger partial charge in [-0.25, -0.2) is 0 Å². The monoisotopic (exact) mass is 186 g/mol. The summed E-state index contributed by atoms with van der Waals surface area (Å²) in [7, 11) is 0. The summed E-state index contributed by atoms with van der Waals surface area (Å²) in [5.41, 5.74) is 5.08. The van der Waals surface area contributed by atoms with Crippen molar-refractivity contribution in [2.75, 3.05) is 19.6 Å². The molecule has 3 nitrogen and oxygen atoms in total. The molecule has 0 amide bonds. The van der Waals surface area contributed by atoms with Crippen LogP contribution in [0.3, 0.4) is 0 Å². The van der Waals surface area contributed by atoms with E-state index in [9.17, 15) is 5.11 Å². The highest BCUT2D eigenvalue weighted by Crippen LogP contribution is 2.24. The number of aliphatic hydroxyl groups is 1. The minimum Gasteiger partial charge on any atom is -0.389 e. The molecule has 0 aromatic heterocycles. The van der Waals surface area contributed by atoms with Crippen molar-refractivity contribution in [3.8, 4) is 0 Å². The highest BCUT2D eigenvalue weighted by Gasteiger charge is 2.33. The van der Waals surface area contributed by atoms with E-state index in [0.717, 1.165) is 38.9 Å². The minimum absolute atomic E-state index is 0.470. The van der Waals surface area contributed by atoms with Crippen LogP contribution in [0.1, 0.15) is 33.1 Å². The first-order valence-electron chi connectivity index (χ1n) is 5.25. The third-order valence-electron chi connectivity index (χ3n) is 2.97. The molecule has 0 aromatic rings. The lowest BCUT2D eigenvalue weighted by Gasteiger charge is -2.27. The lowest BCUT2D eigenvalue weighted by atomic mass is 10.1. The minimum atomic E-state index is -0.470. The molecular formula is C10H22N2O. The number of likely N-dealkylation sites (tertiary alicyclic amines) is 1. The first-order valence-corrected chi connectivity index (χ1v) is 5.25. The predicted molar refractivity (Wildman–Crippen MR) is 54.6 cm³/mol. The Hall–Kier alpha value is -0.120. The maximum Gasteiger partial charge on any atom is 0.0758 e. The average Bonchev–Trinajstić information content (AvgIpc) is 2.42. The molecule has 1 rings (SSSR count). The van der Waals surface area contributed by atoms with Crippen molar-refractivity contribution in [3.63, 3.8) is 0 Å². The fourth-order valence-corrected chi connectivity index (χ4v) is 2.13. The molecule has 13 heavy (non-hydrogen) atoms. The SMILES string of the molecule is CCC(CCN)N1CCC(C)(O)C1. The van der Waals surface area contributed by atoms with Gasteiger partial charge in [0.25, 0.3) is 0 Å². The van der Waals surface area contributed by atoms with Crippen LogP contribution in [0.5, 0.6) is 0 Å². The Kier molecular flexibility index (Phi) is 3.71. The second-order valence-corrected chi connectivity index (χ2v) is 4.36. The normalized spacial score (nSPS) is 32.3. The van der Waals surface area contributed by atoms with Crippen molar-refractivity contribution >= 4 is 0 Å². The second-order valence-electron chi connectivity index (χ2n) is 4.36. The lowest BCUT2D eigenvalue weighted by molar-refractivity contribution is 0.0611. The van der Waals surface area contributed by atoms with Crippen LogP contribution in [0, 0.1) is 0 Å². The number of nitrogens with zero attached hydrogens (tertiary/aromatic N) is 1. The summed E-state index contributed by atoms with van der Waals surface area (Å²) < 4.78 is 0. The standard InChI is InChI=1S/C10H22N2O/c1-3-9(4-6-11)12-7-5-10(2,13)8-12/h9,13H,3-8,11H2,1-2H3. The van der Waals surface area contributed by atoms with Gasteiger partial charge in [0.15, 0.2) is 0 Å². The Morgan fingerprint density at radius 1 is 1.62 bits per heavy atom. The van der Waals surface area contributed by atoms with Gasteiger partial charge in [-0.05, 0) is 32.7 Å². The molecule has 1 heterocycles. The number of hydrogen-bond acceptors (Lipinski definition) is 3. The second kappa shape index (κ2) is 4.40. The molecule has 0 aliphatic carbocycles. The largest absolute Gasteiger partial charge is 0.389 e. The molecule has 2 unspecified atom stereocenters. The number of β-amino-alcohol motifs (C(OH)–C–C–N with tert-alkyl or cyclic N) is 1. The molecule has 1 aliphatic rings. The summed E-state index contributed by atoms with van der Waals surface area (Å²) in [6.07, 6.45) is 3.08. The smallest absolute Gasteiger partial charge is 0.0758 e. The van der Waals surface area contributed by atoms with Crippen molar-refractivity contribution in [1.82, 2.24) is 4.90 Å². The van der Waals surface area contributed by atoms with Gasteiger partial charge in [-0.15, -0.1) is 0 Å². The zero-order valence-corrected chi connectivity index (χ0v) is 8.79. The van der Waals surface area contributed by atoms with Crippen LogP contribution in [-0.4, -0.2) is 41.3 Å². The molecule has 1 fully saturated rings. The molecule has 2 atom stereocenters. The van der Waals surface area contributed by atoms with E-state index in [1.807, 2.05) is 6.92 Å². The van der Waals surface area contributed by atoms with Gasteiger partial charge in [-0.3, -0.25) is 4.90 Å². The maximum atomic E-state index is 9.80. The van der Waals surface area contributed by atoms with Crippen LogP contribution in [0.15, 0.2) is 0 Å². The molecule has 1 aliphatic heterocycles. The van der Waals surface area contributed by atoms with Gasteiger partial charge in [-0.2, -0.15) is 0 Å². The van der Waals surface area contributed by atoms with Crippen molar-refractivity contribution in [1.29, 1.82) is 0 Å². The summed E-state index contributed by atoms with van der Waals surface area (Å²) in [5, 5.41) is 9.80. The number of nitrogens with two attached hydrogens (primary N) is 1. The molecular weight excluding hydrogens is 164 g/mol. The van der Waals surface area contributed by atoms with Crippen LogP contribution >= 0.6 is 0 Å². The van der Waals surface area contributed by atoms with Gasteiger partial charge in [0, 0.05) is 19.1 Å². The summed E-state index contributed by atoms with van der Waals surface area (Å²) in [6.45, 7) is 6.68. The maximum absolute atomic E-state index is 9.80. The Morgan fingerprint density at radius 3 is 2.69 bits per heavy atom. The molecule has 0 radical (unpaired) electrons. The molecule has 0 aromatic carbocycles. The van der Waals surface area contributed by atoms with E-state index < -0.39 is 5.60 Å². The third-order valence-corrected chi connectivity index (χ3v) is 2.97. The van der Waals surface area contributed by atoms with Gasteiger partial charge < -0.3 is 10.8 Å². The molecule has 3 heteroatoms. The molecule has 1 saturated heterocycles. The Morgan fingerprint density at radius 2 is 2.31 bits per heavy atom. The van der Waals surface area contributed by atoms with Gasteiger partial charge in [-0.1, -0.05) is 6.92 Å². The third kappa shape index (κ3) is 2.93. The van der Waals surface area contributed by atoms with Crippen LogP contribution in [-0.2, 0) is 0 Å². The van der Waals surface area contributed by atoms with Crippen molar-refractivity contribution in [2.45, 2.75) is 44.8 Å². The summed E-state index contributed by atoms with van der Waals surface area (Å²) >= 11 is 0. The lowest BCUT2D eigenvalue weighted by Crippen LogP contribution is -2.37. The van der Waals surface area contributed by atoms with Crippen LogP contribution < -0.4 is 5.73 Å². The Bertz CT molecular complexity index is 159. The fraction of sp³-hybridized carbons (Fsp3) is 1.00. The van der Waals surface area contributed by atoms with E-state index >= 15 is 0 Å². The van der Waals surface area contributed by atoms with E-state index in [-0.39, 0.29) is 0 Å². The average molecular weight is 186 g/mol. The van der Waals surface area contributed by atoms with Gasteiger partial charge in [0.05, 0.1) is 5.60 Å². The molecule has 0 spiro atoms. The van der Waals surface area contributed by atoms with Crippen molar-refractivity contribution in [3.05, 3.63) is 0 Å². The molecule has 0 saturated carbocycles. The Balaban J connectivity index is 2.43. The van der Waals surface area contributed by atoms with Crippen molar-refractivity contribution < 1.29 is 5.11 Å². The van der Waals surface area contributed by atoms with Crippen molar-refractivity contribution in [2.24, 2.45) is 5.73 Å². The quantitative estimate of drug-likeness (QED) is 0.675. The first kappa shape index (κ1) is 11.0. The van der Waals surface area contributed by atoms with Gasteiger partial charge in [0.2, 0.25) is 0 Å². The van der Waals surface area contributed by atoms with E-state index in [2.05, 4.69) is 11.8 Å². The zero-order valence-electron chi connectivity index (χ0n) is 8.79. The van der Waals surface area contributed by atoms with Gasteiger partial charge in [0.1, 0.15) is 0 Å². The molecule has 0 bridgehead atoms. The topological polar surface area (TPSA) is 49.5 Å². The zero-order chi connectivity index (χ0) is 9.90. The van der Waals surface area contributed by atoms with Crippen LogP contribution in [0.2, 0.25) is 0 Å². The van der Waals surface area contributed by atoms with Crippen LogP contribution in [0.25, 0.3) is 0 Å². The summed E-state index contributed by atoms with van der Waals surface area (Å²) in [4.78, 5) is 2.37. The highest BCUT2D eigenvalue weighted by atomic mass is 16.3. The fourth-order valence-electron chi connectivity index (χ4n) is 2.13. The van der Waals surface area contributed by atoms with E-state index in [4.69, 9.17) is 5.73 Å². The van der Waals surface area contributed by atoms with E-state index in [1.54, 1.807) is 0 Å². The number of hydrogen-bond donors (Lipinski definition) is 2. The van der Waals surface area contributed by atoms with E-state index in [1.165, 1.54) is 0 Å². The van der Waals surface area contributed by atoms with Crippen LogP contribution in [0.4, 0.5) is 0 Å². The Labute approximate surface area is 80.9 Å². The first-order chi connectivity index (χ1) is 6.09. The predicted octanol–water partition coefficient (Wildman–Crippen LogP) is 0.571. The summed E-state index contributed by atoms with van der Waals surface area (Å²) in [5.74, 6) is 0. The van der Waals surface area contributed by atoms with Gasteiger partial charge >= 0.3 is 0 Å². The molecule has 78 valence electrons. The number of rotatable bonds is 4. The summed E-state index contributed by atoms with van der Waals surface area (Å²) in [6, 6.07) is 0.568.